The van der Waals surface area contributed by atoms with E-state index >= 15 is 0 Å². The molecule has 1 aromatic rings. The highest BCUT2D eigenvalue weighted by molar-refractivity contribution is 5.10. The van der Waals surface area contributed by atoms with Crippen molar-refractivity contribution in [1.29, 1.82) is 0 Å². The second kappa shape index (κ2) is 3.97. The Kier molecular flexibility index (Phi) is 2.83. The van der Waals surface area contributed by atoms with Crippen LogP contribution in [0.3, 0.4) is 0 Å². The van der Waals surface area contributed by atoms with Crippen molar-refractivity contribution in [3.8, 4) is 0 Å². The summed E-state index contributed by atoms with van der Waals surface area (Å²) in [7, 11) is 0. The highest BCUT2D eigenvalue weighted by Gasteiger charge is 2.20. The fourth-order valence-corrected chi connectivity index (χ4v) is 1.89. The first-order valence-electron chi connectivity index (χ1n) is 5.71. The van der Waals surface area contributed by atoms with Crippen molar-refractivity contribution < 1.29 is 4.74 Å². The third-order valence-corrected chi connectivity index (χ3v) is 2.94. The summed E-state index contributed by atoms with van der Waals surface area (Å²) in [5, 5.41) is 4.67. The summed E-state index contributed by atoms with van der Waals surface area (Å²) in [4.78, 5) is 0. The van der Waals surface area contributed by atoms with Crippen molar-refractivity contribution in [2.24, 2.45) is 0 Å². The van der Waals surface area contributed by atoms with Crippen LogP contribution >= 0.6 is 0 Å². The number of nitrogens with zero attached hydrogens (tertiary/aromatic N) is 2. The average molecular weight is 208 g/mol. The van der Waals surface area contributed by atoms with Gasteiger partial charge in [0.05, 0.1) is 11.7 Å². The van der Waals surface area contributed by atoms with Gasteiger partial charge >= 0.3 is 0 Å². The van der Waals surface area contributed by atoms with Crippen molar-refractivity contribution >= 4 is 0 Å². The summed E-state index contributed by atoms with van der Waals surface area (Å²) in [5.74, 6) is 0. The quantitative estimate of drug-likeness (QED) is 0.709. The molecule has 0 N–H and O–H groups in total. The maximum atomic E-state index is 5.35. The highest BCUT2D eigenvalue weighted by Crippen LogP contribution is 2.24. The van der Waals surface area contributed by atoms with Gasteiger partial charge in [0.15, 0.2) is 0 Å². The summed E-state index contributed by atoms with van der Waals surface area (Å²) >= 11 is 0. The fourth-order valence-electron chi connectivity index (χ4n) is 1.89. The summed E-state index contributed by atoms with van der Waals surface area (Å²) < 4.78 is 7.47. The molecule has 0 atom stereocenters. The Labute approximate surface area is 91.4 Å². The van der Waals surface area contributed by atoms with Crippen LogP contribution in [-0.4, -0.2) is 23.0 Å². The van der Waals surface area contributed by atoms with Crippen LogP contribution in [-0.2, 0) is 10.2 Å². The molecule has 1 fully saturated rings. The zero-order chi connectivity index (χ0) is 10.9. The molecule has 15 heavy (non-hydrogen) atoms. The summed E-state index contributed by atoms with van der Waals surface area (Å²) in [6.45, 7) is 8.34. The van der Waals surface area contributed by atoms with E-state index in [1.807, 2.05) is 0 Å². The Hall–Kier alpha value is -0.830. The molecule has 2 heterocycles. The molecule has 0 bridgehead atoms. The largest absolute Gasteiger partial charge is 0.381 e. The minimum absolute atomic E-state index is 0.149. The molecule has 0 aliphatic carbocycles. The normalized spacial score (nSPS) is 19.4. The lowest BCUT2D eigenvalue weighted by Gasteiger charge is -2.22. The molecule has 0 unspecified atom stereocenters. The predicted octanol–water partition coefficient (Wildman–Crippen LogP) is 2.53. The summed E-state index contributed by atoms with van der Waals surface area (Å²) in [5.41, 5.74) is 1.32. The second-order valence-electron chi connectivity index (χ2n) is 5.27. The molecule has 0 radical (unpaired) electrons. The van der Waals surface area contributed by atoms with Crippen molar-refractivity contribution in [3.05, 3.63) is 18.0 Å². The maximum absolute atomic E-state index is 5.35. The van der Waals surface area contributed by atoms with E-state index in [1.54, 1.807) is 0 Å². The Morgan fingerprint density at radius 2 is 2.00 bits per heavy atom. The van der Waals surface area contributed by atoms with Gasteiger partial charge < -0.3 is 4.74 Å². The van der Waals surface area contributed by atoms with Gasteiger partial charge in [0.2, 0.25) is 0 Å². The number of hydrogen-bond acceptors (Lipinski definition) is 2. The summed E-state index contributed by atoms with van der Waals surface area (Å²) in [6, 6.07) is 2.67. The van der Waals surface area contributed by atoms with E-state index in [0.717, 1.165) is 26.1 Å². The Morgan fingerprint density at radius 3 is 2.53 bits per heavy atom. The van der Waals surface area contributed by atoms with Crippen LogP contribution in [0.4, 0.5) is 0 Å². The van der Waals surface area contributed by atoms with Crippen molar-refractivity contribution in [1.82, 2.24) is 9.78 Å². The van der Waals surface area contributed by atoms with Gasteiger partial charge in [-0.2, -0.15) is 5.10 Å². The molecule has 2 rings (SSSR count). The first-order valence-corrected chi connectivity index (χ1v) is 5.71. The van der Waals surface area contributed by atoms with Gasteiger partial charge in [0.1, 0.15) is 0 Å². The molecule has 0 saturated carbocycles. The zero-order valence-corrected chi connectivity index (χ0v) is 9.86. The first-order chi connectivity index (χ1) is 7.07. The minimum atomic E-state index is 0.149. The Bertz CT molecular complexity index is 319. The fraction of sp³-hybridized carbons (Fsp3) is 0.750. The van der Waals surface area contributed by atoms with Gasteiger partial charge in [-0.25, -0.2) is 0 Å². The van der Waals surface area contributed by atoms with Crippen molar-refractivity contribution in [2.45, 2.75) is 45.1 Å². The average Bonchev–Trinajstić information content (AvgIpc) is 2.67. The van der Waals surface area contributed by atoms with E-state index in [1.165, 1.54) is 5.69 Å². The molecular formula is C12H20N2O. The van der Waals surface area contributed by atoms with Gasteiger partial charge in [-0.05, 0) is 18.9 Å². The standard InChI is InChI=1S/C12H20N2O/c1-12(2,3)11-4-7-14(13-11)10-5-8-15-9-6-10/h4,7,10H,5-6,8-9H2,1-3H3. The smallest absolute Gasteiger partial charge is 0.0678 e. The zero-order valence-electron chi connectivity index (χ0n) is 9.86. The number of hydrogen-bond donors (Lipinski definition) is 0. The van der Waals surface area contributed by atoms with Crippen LogP contribution < -0.4 is 0 Å². The highest BCUT2D eigenvalue weighted by atomic mass is 16.5. The third-order valence-electron chi connectivity index (χ3n) is 2.94. The maximum Gasteiger partial charge on any atom is 0.0678 e. The molecule has 0 amide bonds. The van der Waals surface area contributed by atoms with Gasteiger partial charge in [-0.15, -0.1) is 0 Å². The SMILES string of the molecule is CC(C)(C)c1ccn(C2CCOCC2)n1. The second-order valence-corrected chi connectivity index (χ2v) is 5.27. The third kappa shape index (κ3) is 2.40. The van der Waals surface area contributed by atoms with Crippen molar-refractivity contribution in [3.63, 3.8) is 0 Å². The Balaban J connectivity index is 2.12. The molecule has 3 nitrogen and oxygen atoms in total. The predicted molar refractivity (Wildman–Crippen MR) is 60.0 cm³/mol. The van der Waals surface area contributed by atoms with Crippen LogP contribution in [0, 0.1) is 0 Å². The molecule has 0 spiro atoms. The van der Waals surface area contributed by atoms with Crippen LogP contribution in [0.15, 0.2) is 12.3 Å². The lowest BCUT2D eigenvalue weighted by atomic mass is 9.93. The van der Waals surface area contributed by atoms with Gasteiger partial charge in [-0.3, -0.25) is 4.68 Å². The first kappa shape index (κ1) is 10.7. The van der Waals surface area contributed by atoms with Gasteiger partial charge in [-0.1, -0.05) is 20.8 Å². The number of aromatic nitrogens is 2. The molecule has 3 heteroatoms. The minimum Gasteiger partial charge on any atom is -0.381 e. The molecule has 1 aliphatic heterocycles. The molecule has 1 saturated heterocycles. The lowest BCUT2D eigenvalue weighted by molar-refractivity contribution is 0.0660. The number of ether oxygens (including phenoxy) is 1. The Morgan fingerprint density at radius 1 is 1.33 bits per heavy atom. The van der Waals surface area contributed by atoms with E-state index in [9.17, 15) is 0 Å². The molecular weight excluding hydrogens is 188 g/mol. The van der Waals surface area contributed by atoms with E-state index < -0.39 is 0 Å². The molecule has 1 aromatic heterocycles. The molecule has 84 valence electrons. The van der Waals surface area contributed by atoms with Crippen LogP contribution in [0.2, 0.25) is 0 Å². The monoisotopic (exact) mass is 208 g/mol. The number of rotatable bonds is 1. The van der Waals surface area contributed by atoms with E-state index in [0.29, 0.717) is 6.04 Å². The van der Waals surface area contributed by atoms with Gasteiger partial charge in [0, 0.05) is 24.8 Å². The summed E-state index contributed by atoms with van der Waals surface area (Å²) in [6.07, 6.45) is 4.28. The van der Waals surface area contributed by atoms with Crippen LogP contribution in [0.25, 0.3) is 0 Å². The van der Waals surface area contributed by atoms with E-state index in [-0.39, 0.29) is 5.41 Å². The van der Waals surface area contributed by atoms with E-state index in [2.05, 4.69) is 42.8 Å². The lowest BCUT2D eigenvalue weighted by Crippen LogP contribution is -2.21. The molecule has 0 aromatic carbocycles. The van der Waals surface area contributed by atoms with E-state index in [4.69, 9.17) is 4.74 Å². The van der Waals surface area contributed by atoms with Gasteiger partial charge in [0.25, 0.3) is 0 Å². The topological polar surface area (TPSA) is 27.1 Å². The van der Waals surface area contributed by atoms with Crippen LogP contribution in [0.1, 0.15) is 45.3 Å². The van der Waals surface area contributed by atoms with Crippen LogP contribution in [0.5, 0.6) is 0 Å². The van der Waals surface area contributed by atoms with Crippen molar-refractivity contribution in [2.75, 3.05) is 13.2 Å². The molecule has 1 aliphatic rings.